The molecule has 0 aromatic heterocycles. The lowest BCUT2D eigenvalue weighted by Crippen LogP contribution is -2.53. The van der Waals surface area contributed by atoms with E-state index in [9.17, 15) is 4.79 Å². The van der Waals surface area contributed by atoms with E-state index in [1.54, 1.807) is 12.1 Å². The van der Waals surface area contributed by atoms with Gasteiger partial charge in [0.15, 0.2) is 5.11 Å². The highest BCUT2D eigenvalue weighted by molar-refractivity contribution is 7.80. The van der Waals surface area contributed by atoms with Crippen molar-refractivity contribution < 1.29 is 9.53 Å². The van der Waals surface area contributed by atoms with Crippen molar-refractivity contribution in [3.63, 3.8) is 0 Å². The van der Waals surface area contributed by atoms with Crippen molar-refractivity contribution in [1.29, 1.82) is 0 Å². The Morgan fingerprint density at radius 3 is 2.06 bits per heavy atom. The summed E-state index contributed by atoms with van der Waals surface area (Å²) in [6.07, 6.45) is 0. The standard InChI is InChI=1S/C29H33N3O2S/c1-22(2)21-34-26-15-9-14-25(20-26)28(33)30-29(35)32-18-16-31(17-19-32)27(23-10-5-3-6-11-23)24-12-7-4-8-13-24/h3-15,20,22,27H,16-19,21H2,1-2H3,(H,30,33,35). The normalized spacial score (nSPS) is 14.2. The lowest BCUT2D eigenvalue weighted by molar-refractivity contribution is 0.0966. The van der Waals surface area contributed by atoms with Crippen molar-refractivity contribution in [2.24, 2.45) is 5.92 Å². The summed E-state index contributed by atoms with van der Waals surface area (Å²) < 4.78 is 5.76. The third-order valence-electron chi connectivity index (χ3n) is 6.10. The van der Waals surface area contributed by atoms with Crippen molar-refractivity contribution in [3.8, 4) is 5.75 Å². The van der Waals surface area contributed by atoms with Crippen LogP contribution in [0.1, 0.15) is 41.4 Å². The van der Waals surface area contributed by atoms with Gasteiger partial charge in [0, 0.05) is 31.7 Å². The van der Waals surface area contributed by atoms with E-state index in [1.807, 2.05) is 12.1 Å². The summed E-state index contributed by atoms with van der Waals surface area (Å²) in [5.41, 5.74) is 3.10. The van der Waals surface area contributed by atoms with Crippen molar-refractivity contribution in [3.05, 3.63) is 102 Å². The molecule has 5 nitrogen and oxygen atoms in total. The Balaban J connectivity index is 1.37. The zero-order valence-corrected chi connectivity index (χ0v) is 21.2. The Morgan fingerprint density at radius 1 is 0.886 bits per heavy atom. The van der Waals surface area contributed by atoms with Crippen molar-refractivity contribution in [2.45, 2.75) is 19.9 Å². The summed E-state index contributed by atoms with van der Waals surface area (Å²) >= 11 is 5.60. The molecule has 35 heavy (non-hydrogen) atoms. The van der Waals surface area contributed by atoms with Crippen molar-refractivity contribution in [2.75, 3.05) is 32.8 Å². The predicted octanol–water partition coefficient (Wildman–Crippen LogP) is 5.14. The van der Waals surface area contributed by atoms with E-state index in [1.165, 1.54) is 11.1 Å². The van der Waals surface area contributed by atoms with Crippen LogP contribution in [0.15, 0.2) is 84.9 Å². The molecule has 0 atom stereocenters. The third-order valence-corrected chi connectivity index (χ3v) is 6.46. The predicted molar refractivity (Wildman–Crippen MR) is 145 cm³/mol. The van der Waals surface area contributed by atoms with E-state index in [2.05, 4.69) is 89.6 Å². The van der Waals surface area contributed by atoms with Gasteiger partial charge in [-0.2, -0.15) is 0 Å². The summed E-state index contributed by atoms with van der Waals surface area (Å²) in [6, 6.07) is 28.7. The number of thiocarbonyl (C=S) groups is 1. The fourth-order valence-electron chi connectivity index (χ4n) is 4.31. The number of rotatable bonds is 7. The second-order valence-electron chi connectivity index (χ2n) is 9.24. The first kappa shape index (κ1) is 24.9. The molecule has 1 fully saturated rings. The van der Waals surface area contributed by atoms with Gasteiger partial charge in [-0.3, -0.25) is 15.0 Å². The Bertz CT molecular complexity index is 1070. The summed E-state index contributed by atoms with van der Waals surface area (Å²) in [5, 5.41) is 3.38. The highest BCUT2D eigenvalue weighted by atomic mass is 32.1. The van der Waals surface area contributed by atoms with Gasteiger partial charge >= 0.3 is 0 Å². The first-order chi connectivity index (χ1) is 17.0. The minimum absolute atomic E-state index is 0.191. The smallest absolute Gasteiger partial charge is 0.257 e. The molecule has 1 aliphatic heterocycles. The Kier molecular flexibility index (Phi) is 8.50. The Labute approximate surface area is 213 Å². The molecule has 0 spiro atoms. The van der Waals surface area contributed by atoms with Crippen LogP contribution in [0.25, 0.3) is 0 Å². The van der Waals surface area contributed by atoms with Gasteiger partial charge in [0.05, 0.1) is 12.6 Å². The molecule has 1 N–H and O–H groups in total. The van der Waals surface area contributed by atoms with Crippen LogP contribution < -0.4 is 10.1 Å². The zero-order valence-electron chi connectivity index (χ0n) is 20.4. The van der Waals surface area contributed by atoms with Gasteiger partial charge in [0.25, 0.3) is 5.91 Å². The number of benzene rings is 3. The van der Waals surface area contributed by atoms with Crippen LogP contribution in [-0.2, 0) is 0 Å². The third kappa shape index (κ3) is 6.68. The highest BCUT2D eigenvalue weighted by Gasteiger charge is 2.27. The lowest BCUT2D eigenvalue weighted by Gasteiger charge is -2.40. The zero-order chi connectivity index (χ0) is 24.6. The molecule has 0 radical (unpaired) electrons. The molecule has 0 unspecified atom stereocenters. The second kappa shape index (κ2) is 12.0. The number of nitrogens with zero attached hydrogens (tertiary/aromatic N) is 2. The fourth-order valence-corrected chi connectivity index (χ4v) is 4.58. The SMILES string of the molecule is CC(C)COc1cccc(C(=O)NC(=S)N2CCN(C(c3ccccc3)c3ccccc3)CC2)c1. The summed E-state index contributed by atoms with van der Waals surface area (Å²) in [4.78, 5) is 17.4. The van der Waals surface area contributed by atoms with Crippen molar-refractivity contribution in [1.82, 2.24) is 15.1 Å². The highest BCUT2D eigenvalue weighted by Crippen LogP contribution is 2.29. The van der Waals surface area contributed by atoms with Crippen LogP contribution in [0.2, 0.25) is 0 Å². The first-order valence-electron chi connectivity index (χ1n) is 12.2. The quantitative estimate of drug-likeness (QED) is 0.468. The van der Waals surface area contributed by atoms with Crippen LogP contribution in [0.4, 0.5) is 0 Å². The Hall–Kier alpha value is -3.22. The number of ether oxygens (including phenoxy) is 1. The monoisotopic (exact) mass is 487 g/mol. The second-order valence-corrected chi connectivity index (χ2v) is 9.63. The maximum atomic E-state index is 12.8. The average Bonchev–Trinajstić information content (AvgIpc) is 2.89. The molecular weight excluding hydrogens is 454 g/mol. The van der Waals surface area contributed by atoms with E-state index >= 15 is 0 Å². The molecule has 0 aliphatic carbocycles. The maximum Gasteiger partial charge on any atom is 0.257 e. The number of hydrogen-bond acceptors (Lipinski definition) is 4. The lowest BCUT2D eigenvalue weighted by atomic mass is 9.96. The minimum Gasteiger partial charge on any atom is -0.493 e. The van der Waals surface area contributed by atoms with E-state index in [0.717, 1.165) is 26.2 Å². The summed E-state index contributed by atoms with van der Waals surface area (Å²) in [6.45, 7) is 8.01. The van der Waals surface area contributed by atoms with Crippen LogP contribution in [0, 0.1) is 5.92 Å². The molecule has 0 saturated carbocycles. The van der Waals surface area contributed by atoms with Gasteiger partial charge < -0.3 is 9.64 Å². The molecule has 3 aromatic carbocycles. The van der Waals surface area contributed by atoms with Crippen molar-refractivity contribution >= 4 is 23.2 Å². The largest absolute Gasteiger partial charge is 0.493 e. The number of carbonyl (C=O) groups is 1. The summed E-state index contributed by atoms with van der Waals surface area (Å²) in [7, 11) is 0. The van der Waals surface area contributed by atoms with Gasteiger partial charge in [-0.15, -0.1) is 0 Å². The molecule has 3 aromatic rings. The Morgan fingerprint density at radius 2 is 1.49 bits per heavy atom. The van der Waals surface area contributed by atoms with Crippen LogP contribution in [0.3, 0.4) is 0 Å². The van der Waals surface area contributed by atoms with Crippen LogP contribution in [0.5, 0.6) is 5.75 Å². The number of piperazine rings is 1. The van der Waals surface area contributed by atoms with Crippen LogP contribution >= 0.6 is 12.2 Å². The van der Waals surface area contributed by atoms with E-state index < -0.39 is 0 Å². The molecule has 1 saturated heterocycles. The summed E-state index contributed by atoms with van der Waals surface area (Å²) in [5.74, 6) is 0.903. The molecule has 6 heteroatoms. The van der Waals surface area contributed by atoms with E-state index in [-0.39, 0.29) is 11.9 Å². The molecule has 1 aliphatic rings. The first-order valence-corrected chi connectivity index (χ1v) is 12.6. The number of hydrogen-bond donors (Lipinski definition) is 1. The fraction of sp³-hybridized carbons (Fsp3) is 0.310. The van der Waals surface area contributed by atoms with E-state index in [4.69, 9.17) is 17.0 Å². The molecule has 1 amide bonds. The van der Waals surface area contributed by atoms with Gasteiger partial charge in [0.2, 0.25) is 0 Å². The van der Waals surface area contributed by atoms with Gasteiger partial charge in [-0.25, -0.2) is 0 Å². The molecule has 0 bridgehead atoms. The van der Waals surface area contributed by atoms with Gasteiger partial charge in [0.1, 0.15) is 5.75 Å². The average molecular weight is 488 g/mol. The van der Waals surface area contributed by atoms with Gasteiger partial charge in [-0.05, 0) is 47.5 Å². The number of nitrogens with one attached hydrogen (secondary N) is 1. The number of amides is 1. The molecule has 1 heterocycles. The molecule has 4 rings (SSSR count). The topological polar surface area (TPSA) is 44.8 Å². The molecule has 182 valence electrons. The van der Waals surface area contributed by atoms with E-state index in [0.29, 0.717) is 29.0 Å². The maximum absolute atomic E-state index is 12.8. The molecular formula is C29H33N3O2S. The number of carbonyl (C=O) groups excluding carboxylic acids is 1. The van der Waals surface area contributed by atoms with Gasteiger partial charge in [-0.1, -0.05) is 80.6 Å². The minimum atomic E-state index is -0.209. The van der Waals surface area contributed by atoms with Crippen LogP contribution in [-0.4, -0.2) is 53.6 Å².